The van der Waals surface area contributed by atoms with Crippen molar-refractivity contribution in [3.8, 4) is 0 Å². The van der Waals surface area contributed by atoms with Gasteiger partial charge >= 0.3 is 5.97 Å². The first-order chi connectivity index (χ1) is 9.13. The van der Waals surface area contributed by atoms with Gasteiger partial charge in [-0.15, -0.1) is 0 Å². The van der Waals surface area contributed by atoms with Crippen molar-refractivity contribution >= 4 is 21.7 Å². The Morgan fingerprint density at radius 3 is 2.10 bits per heavy atom. The van der Waals surface area contributed by atoms with Crippen LogP contribution in [-0.4, -0.2) is 44.0 Å². The van der Waals surface area contributed by atoms with Crippen LogP contribution in [0, 0.1) is 13.8 Å². The number of hydrogen-bond acceptors (Lipinski definition) is 4. The van der Waals surface area contributed by atoms with E-state index in [1.807, 2.05) is 0 Å². The first-order valence-corrected chi connectivity index (χ1v) is 7.99. The topological polar surface area (TPSA) is 101 Å². The largest absolute Gasteiger partial charge is 0.478 e. The van der Waals surface area contributed by atoms with Gasteiger partial charge in [-0.3, -0.25) is 4.79 Å². The second-order valence-electron chi connectivity index (χ2n) is 4.64. The van der Waals surface area contributed by atoms with Crippen LogP contribution in [0.2, 0.25) is 0 Å². The highest BCUT2D eigenvalue weighted by molar-refractivity contribution is 7.90. The molecule has 0 heterocycles. The summed E-state index contributed by atoms with van der Waals surface area (Å²) >= 11 is 0. The number of carboxylic acid groups (broad SMARTS) is 1. The van der Waals surface area contributed by atoms with Gasteiger partial charge in [0.15, 0.2) is 0 Å². The molecule has 0 atom stereocenters. The molecule has 0 saturated heterocycles. The Morgan fingerprint density at radius 2 is 1.65 bits per heavy atom. The van der Waals surface area contributed by atoms with E-state index in [9.17, 15) is 23.1 Å². The van der Waals surface area contributed by atoms with Crippen molar-refractivity contribution in [2.75, 3.05) is 18.6 Å². The maximum Gasteiger partial charge on any atom is 0.336 e. The quantitative estimate of drug-likeness (QED) is 0.836. The van der Waals surface area contributed by atoms with E-state index >= 15 is 0 Å². The number of sulfone groups is 1. The number of hydrogen-bond donors (Lipinski definition) is 2. The molecular weight excluding hydrogens is 282 g/mol. The molecule has 0 aromatic heterocycles. The van der Waals surface area contributed by atoms with Crippen LogP contribution in [0.25, 0.3) is 0 Å². The summed E-state index contributed by atoms with van der Waals surface area (Å²) in [6, 6.07) is 3.29. The summed E-state index contributed by atoms with van der Waals surface area (Å²) in [5.74, 6) is -1.95. The molecule has 0 fully saturated rings. The summed E-state index contributed by atoms with van der Waals surface area (Å²) in [5, 5.41) is 11.6. The fourth-order valence-corrected chi connectivity index (χ4v) is 2.29. The molecule has 1 aromatic carbocycles. The van der Waals surface area contributed by atoms with Crippen molar-refractivity contribution in [3.05, 3.63) is 34.4 Å². The SMILES string of the molecule is Cc1ccc(C)c(C(=O)NCCS(C)(=O)=O)c1C(=O)O. The zero-order chi connectivity index (χ0) is 15.5. The molecule has 1 amide bonds. The van der Waals surface area contributed by atoms with Crippen LogP contribution in [0.4, 0.5) is 0 Å². The van der Waals surface area contributed by atoms with Crippen molar-refractivity contribution in [3.63, 3.8) is 0 Å². The summed E-state index contributed by atoms with van der Waals surface area (Å²) in [6.45, 7) is 3.19. The molecule has 0 aliphatic heterocycles. The molecule has 110 valence electrons. The minimum Gasteiger partial charge on any atom is -0.478 e. The zero-order valence-corrected chi connectivity index (χ0v) is 12.4. The number of aromatic carboxylic acids is 1. The van der Waals surface area contributed by atoms with E-state index in [2.05, 4.69) is 5.32 Å². The van der Waals surface area contributed by atoms with Crippen LogP contribution >= 0.6 is 0 Å². The van der Waals surface area contributed by atoms with Crippen LogP contribution in [0.5, 0.6) is 0 Å². The lowest BCUT2D eigenvalue weighted by Crippen LogP contribution is -2.31. The number of benzene rings is 1. The molecular formula is C13H17NO5S. The fraction of sp³-hybridized carbons (Fsp3) is 0.385. The van der Waals surface area contributed by atoms with E-state index in [1.54, 1.807) is 26.0 Å². The zero-order valence-electron chi connectivity index (χ0n) is 11.6. The molecule has 7 heteroatoms. The number of amides is 1. The van der Waals surface area contributed by atoms with Gasteiger partial charge in [-0.2, -0.15) is 0 Å². The van der Waals surface area contributed by atoms with E-state index in [0.29, 0.717) is 11.1 Å². The van der Waals surface area contributed by atoms with E-state index in [4.69, 9.17) is 0 Å². The molecule has 0 bridgehead atoms. The van der Waals surface area contributed by atoms with Crippen LogP contribution in [-0.2, 0) is 9.84 Å². The minimum absolute atomic E-state index is 0.0515. The van der Waals surface area contributed by atoms with Gasteiger partial charge in [0, 0.05) is 12.8 Å². The molecule has 1 aromatic rings. The van der Waals surface area contributed by atoms with Gasteiger partial charge in [0.05, 0.1) is 16.9 Å². The van der Waals surface area contributed by atoms with Crippen LogP contribution in [0.1, 0.15) is 31.8 Å². The summed E-state index contributed by atoms with van der Waals surface area (Å²) < 4.78 is 22.0. The smallest absolute Gasteiger partial charge is 0.336 e. The first-order valence-electron chi connectivity index (χ1n) is 5.93. The molecule has 0 radical (unpaired) electrons. The molecule has 1 rings (SSSR count). The van der Waals surface area contributed by atoms with E-state index in [0.717, 1.165) is 6.26 Å². The number of carboxylic acids is 1. The Morgan fingerprint density at radius 1 is 1.15 bits per heavy atom. The predicted molar refractivity (Wildman–Crippen MR) is 74.9 cm³/mol. The van der Waals surface area contributed by atoms with Gasteiger partial charge in [-0.1, -0.05) is 12.1 Å². The Bertz CT molecular complexity index is 649. The van der Waals surface area contributed by atoms with E-state index in [1.165, 1.54) is 0 Å². The van der Waals surface area contributed by atoms with Gasteiger partial charge in [0.1, 0.15) is 9.84 Å². The molecule has 20 heavy (non-hydrogen) atoms. The van der Waals surface area contributed by atoms with Gasteiger partial charge < -0.3 is 10.4 Å². The average Bonchev–Trinajstić information content (AvgIpc) is 2.29. The third-order valence-corrected chi connectivity index (χ3v) is 3.77. The number of nitrogens with one attached hydrogen (secondary N) is 1. The Balaban J connectivity index is 3.04. The molecule has 0 spiro atoms. The second kappa shape index (κ2) is 6.04. The van der Waals surface area contributed by atoms with Crippen LogP contribution < -0.4 is 5.32 Å². The number of rotatable bonds is 5. The number of carbonyl (C=O) groups is 2. The molecule has 2 N–H and O–H groups in total. The first kappa shape index (κ1) is 16.2. The molecule has 0 aliphatic rings. The molecule has 0 saturated carbocycles. The predicted octanol–water partition coefficient (Wildman–Crippen LogP) is 0.776. The van der Waals surface area contributed by atoms with Gasteiger partial charge in [-0.25, -0.2) is 13.2 Å². The van der Waals surface area contributed by atoms with Crippen molar-refractivity contribution in [1.29, 1.82) is 0 Å². The lowest BCUT2D eigenvalue weighted by molar-refractivity contribution is 0.0690. The van der Waals surface area contributed by atoms with E-state index in [-0.39, 0.29) is 23.4 Å². The summed E-state index contributed by atoms with van der Waals surface area (Å²) in [6.07, 6.45) is 1.07. The number of carbonyl (C=O) groups excluding carboxylic acids is 1. The van der Waals surface area contributed by atoms with Gasteiger partial charge in [0.2, 0.25) is 0 Å². The normalized spacial score (nSPS) is 11.2. The fourth-order valence-electron chi connectivity index (χ4n) is 1.82. The molecule has 6 nitrogen and oxygen atoms in total. The summed E-state index contributed by atoms with van der Waals surface area (Å²) in [7, 11) is -3.18. The van der Waals surface area contributed by atoms with E-state index < -0.39 is 21.7 Å². The van der Waals surface area contributed by atoms with Crippen molar-refractivity contribution < 1.29 is 23.1 Å². The average molecular weight is 299 g/mol. The minimum atomic E-state index is -3.18. The number of aryl methyl sites for hydroxylation is 2. The Kier molecular flexibility index (Phi) is 4.88. The third-order valence-electron chi connectivity index (χ3n) is 2.82. The highest BCUT2D eigenvalue weighted by Crippen LogP contribution is 2.18. The van der Waals surface area contributed by atoms with Crippen LogP contribution in [0.15, 0.2) is 12.1 Å². The Labute approximate surface area is 117 Å². The maximum atomic E-state index is 12.1. The lowest BCUT2D eigenvalue weighted by atomic mass is 9.96. The second-order valence-corrected chi connectivity index (χ2v) is 6.90. The van der Waals surface area contributed by atoms with Gasteiger partial charge in [0.25, 0.3) is 5.91 Å². The summed E-state index contributed by atoms with van der Waals surface area (Å²) in [4.78, 5) is 23.3. The van der Waals surface area contributed by atoms with Crippen molar-refractivity contribution in [1.82, 2.24) is 5.32 Å². The molecule has 0 aliphatic carbocycles. The lowest BCUT2D eigenvalue weighted by Gasteiger charge is -2.12. The highest BCUT2D eigenvalue weighted by Gasteiger charge is 2.21. The maximum absolute atomic E-state index is 12.1. The third kappa shape index (κ3) is 4.06. The monoisotopic (exact) mass is 299 g/mol. The standard InChI is InChI=1S/C13H17NO5S/c1-8-4-5-9(2)11(13(16)17)10(8)12(15)14-6-7-20(3,18)19/h4-5H,6-7H2,1-3H3,(H,14,15)(H,16,17). The van der Waals surface area contributed by atoms with Crippen molar-refractivity contribution in [2.45, 2.75) is 13.8 Å². The molecule has 0 unspecified atom stereocenters. The highest BCUT2D eigenvalue weighted by atomic mass is 32.2. The van der Waals surface area contributed by atoms with Crippen LogP contribution in [0.3, 0.4) is 0 Å². The Hall–Kier alpha value is -1.89. The van der Waals surface area contributed by atoms with Crippen molar-refractivity contribution in [2.24, 2.45) is 0 Å². The van der Waals surface area contributed by atoms with Gasteiger partial charge in [-0.05, 0) is 25.0 Å². The summed E-state index contributed by atoms with van der Waals surface area (Å²) in [5.41, 5.74) is 1.04.